The third-order valence-electron chi connectivity index (χ3n) is 6.30. The molecular formula is C32H30N5O2+. The molecule has 7 nitrogen and oxygen atoms in total. The smallest absolute Gasteiger partial charge is 0.275 e. The third kappa shape index (κ3) is 5.78. The van der Waals surface area contributed by atoms with Crippen LogP contribution in [0.5, 0.6) is 11.5 Å². The molecular weight excluding hydrogens is 486 g/mol. The number of hydrogen-bond donors (Lipinski definition) is 1. The summed E-state index contributed by atoms with van der Waals surface area (Å²) >= 11 is 0. The highest BCUT2D eigenvalue weighted by Crippen LogP contribution is 2.39. The maximum atomic E-state index is 5.64. The molecule has 1 heterocycles. The van der Waals surface area contributed by atoms with Gasteiger partial charge in [-0.2, -0.15) is 5.11 Å². The highest BCUT2D eigenvalue weighted by molar-refractivity contribution is 5.83. The van der Waals surface area contributed by atoms with Gasteiger partial charge in [0.1, 0.15) is 17.7 Å². The quantitative estimate of drug-likeness (QED) is 0.169. The van der Waals surface area contributed by atoms with E-state index in [0.717, 1.165) is 33.9 Å². The zero-order valence-electron chi connectivity index (χ0n) is 22.4. The number of aromatic nitrogens is 2. The average Bonchev–Trinajstić information content (AvgIpc) is 2.98. The van der Waals surface area contributed by atoms with Crippen LogP contribution in [0.25, 0.3) is 16.9 Å². The lowest BCUT2D eigenvalue weighted by atomic mass is 10.1. The molecule has 0 fully saturated rings. The molecule has 1 aromatic heterocycles. The van der Waals surface area contributed by atoms with E-state index in [1.165, 1.54) is 5.56 Å². The molecule has 0 bridgehead atoms. The molecule has 0 saturated heterocycles. The average molecular weight is 517 g/mol. The Hall–Kier alpha value is -5.04. The number of nitrogens with zero attached hydrogens (tertiary/aromatic N) is 4. The fraction of sp³-hybridized carbons (Fsp3) is 0.125. The van der Waals surface area contributed by atoms with Crippen molar-refractivity contribution in [2.45, 2.75) is 13.8 Å². The molecule has 0 aliphatic rings. The van der Waals surface area contributed by atoms with Gasteiger partial charge in [0, 0.05) is 23.3 Å². The van der Waals surface area contributed by atoms with Crippen LogP contribution >= 0.6 is 0 Å². The van der Waals surface area contributed by atoms with Gasteiger partial charge in [-0.05, 0) is 54.9 Å². The van der Waals surface area contributed by atoms with Crippen LogP contribution in [0.15, 0.2) is 113 Å². The Balaban J connectivity index is 1.73. The van der Waals surface area contributed by atoms with Crippen molar-refractivity contribution in [1.29, 1.82) is 0 Å². The molecule has 0 aliphatic carbocycles. The van der Waals surface area contributed by atoms with Gasteiger partial charge in [0.05, 0.1) is 36.8 Å². The fourth-order valence-electron chi connectivity index (χ4n) is 4.16. The Morgan fingerprint density at radius 2 is 1.41 bits per heavy atom. The molecule has 1 N–H and O–H groups in total. The van der Waals surface area contributed by atoms with E-state index in [9.17, 15) is 0 Å². The maximum absolute atomic E-state index is 5.64. The van der Waals surface area contributed by atoms with E-state index >= 15 is 0 Å². The number of rotatable bonds is 8. The first-order valence-electron chi connectivity index (χ1n) is 12.6. The molecule has 4 aromatic carbocycles. The van der Waals surface area contributed by atoms with E-state index in [1.807, 2.05) is 84.4 Å². The first-order chi connectivity index (χ1) is 19.1. The number of benzene rings is 4. The van der Waals surface area contributed by atoms with Gasteiger partial charge in [-0.25, -0.2) is 0 Å². The Morgan fingerprint density at radius 1 is 0.718 bits per heavy atom. The first kappa shape index (κ1) is 25.6. The lowest BCUT2D eigenvalue weighted by molar-refractivity contribution is -0.648. The molecule has 0 unspecified atom stereocenters. The van der Waals surface area contributed by atoms with Gasteiger partial charge in [-0.3, -0.25) is 0 Å². The van der Waals surface area contributed by atoms with E-state index in [0.29, 0.717) is 22.9 Å². The van der Waals surface area contributed by atoms with Crippen molar-refractivity contribution in [1.82, 2.24) is 5.10 Å². The zero-order chi connectivity index (χ0) is 27.2. The van der Waals surface area contributed by atoms with Crippen LogP contribution in [0, 0.1) is 13.8 Å². The molecule has 194 valence electrons. The summed E-state index contributed by atoms with van der Waals surface area (Å²) in [7, 11) is 3.25. The molecule has 0 aliphatic heterocycles. The number of ether oxygens (including phenoxy) is 2. The van der Waals surface area contributed by atoms with E-state index in [2.05, 4.69) is 41.6 Å². The molecule has 5 rings (SSSR count). The van der Waals surface area contributed by atoms with Gasteiger partial charge < -0.3 is 14.8 Å². The second-order valence-electron chi connectivity index (χ2n) is 9.10. The highest BCUT2D eigenvalue weighted by Gasteiger charge is 2.27. The molecule has 0 amide bonds. The van der Waals surface area contributed by atoms with Crippen LogP contribution in [0.4, 0.5) is 22.7 Å². The van der Waals surface area contributed by atoms with Gasteiger partial charge >= 0.3 is 0 Å². The number of anilines is 2. The number of azo groups is 1. The van der Waals surface area contributed by atoms with Crippen molar-refractivity contribution < 1.29 is 14.2 Å². The molecule has 0 saturated carbocycles. The van der Waals surface area contributed by atoms with Crippen LogP contribution in [-0.2, 0) is 0 Å². The topological polar surface area (TPSA) is 72.0 Å². The van der Waals surface area contributed by atoms with Crippen molar-refractivity contribution in [3.05, 3.63) is 114 Å². The van der Waals surface area contributed by atoms with Gasteiger partial charge in [0.25, 0.3) is 5.69 Å². The summed E-state index contributed by atoms with van der Waals surface area (Å²) in [5.41, 5.74) is 7.82. The molecule has 7 heteroatoms. The second kappa shape index (κ2) is 11.6. The van der Waals surface area contributed by atoms with E-state index < -0.39 is 0 Å². The molecule has 0 atom stereocenters. The van der Waals surface area contributed by atoms with Crippen molar-refractivity contribution in [3.63, 3.8) is 0 Å². The second-order valence-corrected chi connectivity index (χ2v) is 9.10. The number of methoxy groups -OCH3 is 2. The van der Waals surface area contributed by atoms with Crippen LogP contribution in [-0.4, -0.2) is 19.3 Å². The molecule has 0 radical (unpaired) electrons. The van der Waals surface area contributed by atoms with E-state index in [-0.39, 0.29) is 0 Å². The van der Waals surface area contributed by atoms with E-state index in [4.69, 9.17) is 19.7 Å². The van der Waals surface area contributed by atoms with Crippen LogP contribution in [0.2, 0.25) is 0 Å². The Labute approximate surface area is 228 Å². The van der Waals surface area contributed by atoms with Gasteiger partial charge in [0.2, 0.25) is 5.69 Å². The minimum absolute atomic E-state index is 0.632. The fourth-order valence-corrected chi connectivity index (χ4v) is 4.16. The number of nitrogens with one attached hydrogen (secondary N) is 1. The van der Waals surface area contributed by atoms with Gasteiger partial charge in [0.15, 0.2) is 5.69 Å². The maximum Gasteiger partial charge on any atom is 0.275 e. The van der Waals surface area contributed by atoms with Crippen molar-refractivity contribution in [2.75, 3.05) is 19.5 Å². The van der Waals surface area contributed by atoms with Gasteiger partial charge in [-0.1, -0.05) is 53.6 Å². The summed E-state index contributed by atoms with van der Waals surface area (Å²) < 4.78 is 12.9. The predicted molar refractivity (Wildman–Crippen MR) is 154 cm³/mol. The lowest BCUT2D eigenvalue weighted by Crippen LogP contribution is -2.37. The summed E-state index contributed by atoms with van der Waals surface area (Å²) in [6, 6.07) is 31.9. The molecule has 0 spiro atoms. The summed E-state index contributed by atoms with van der Waals surface area (Å²) in [5, 5.41) is 17.8. The monoisotopic (exact) mass is 516 g/mol. The minimum Gasteiger partial charge on any atom is -0.497 e. The Kier molecular flexibility index (Phi) is 7.59. The summed E-state index contributed by atoms with van der Waals surface area (Å²) in [6.07, 6.45) is 1.76. The van der Waals surface area contributed by atoms with Crippen LogP contribution in [0.3, 0.4) is 0 Å². The summed E-state index contributed by atoms with van der Waals surface area (Å²) in [6.45, 7) is 4.11. The molecule has 5 aromatic rings. The standard InChI is InChI=1S/C32H29N5O2/c1-22-10-14-25(15-11-22)35-36-31-29(34-28-19-18-27(38-3)20-30(28)39-4)21-33-37(26-16-12-23(2)13-17-26)32(31)24-8-6-5-7-9-24/h5-21H,1-4H3/p+1. The van der Waals surface area contributed by atoms with Crippen LogP contribution < -0.4 is 19.5 Å². The third-order valence-corrected chi connectivity index (χ3v) is 6.30. The summed E-state index contributed by atoms with van der Waals surface area (Å²) in [4.78, 5) is 0. The zero-order valence-corrected chi connectivity index (χ0v) is 22.4. The molecule has 39 heavy (non-hydrogen) atoms. The minimum atomic E-state index is 0.632. The Morgan fingerprint density at radius 3 is 2.08 bits per heavy atom. The van der Waals surface area contributed by atoms with Crippen molar-refractivity contribution >= 4 is 22.7 Å². The SMILES string of the molecule is COc1ccc(Nc2cn[n+](-c3ccc(C)cc3)c(-c3ccccc3)c2N=Nc2ccc(C)cc2)c(OC)c1. The predicted octanol–water partition coefficient (Wildman–Crippen LogP) is 7.82. The largest absolute Gasteiger partial charge is 0.497 e. The summed E-state index contributed by atoms with van der Waals surface area (Å²) in [5.74, 6) is 1.33. The van der Waals surface area contributed by atoms with Gasteiger partial charge in [-0.15, -0.1) is 5.11 Å². The number of hydrogen-bond acceptors (Lipinski definition) is 6. The highest BCUT2D eigenvalue weighted by atomic mass is 16.5. The normalized spacial score (nSPS) is 11.0. The van der Waals surface area contributed by atoms with Crippen LogP contribution in [0.1, 0.15) is 11.1 Å². The first-order valence-corrected chi connectivity index (χ1v) is 12.6. The van der Waals surface area contributed by atoms with E-state index in [1.54, 1.807) is 20.4 Å². The lowest BCUT2D eigenvalue weighted by Gasteiger charge is -2.14. The number of aryl methyl sites for hydroxylation is 2. The van der Waals surface area contributed by atoms with Crippen molar-refractivity contribution in [2.24, 2.45) is 10.2 Å². The van der Waals surface area contributed by atoms with Crippen molar-refractivity contribution in [3.8, 4) is 28.4 Å². The Bertz CT molecular complexity index is 1600.